The zero-order valence-electron chi connectivity index (χ0n) is 14.8. The number of hydrogen-bond acceptors (Lipinski definition) is 8. The summed E-state index contributed by atoms with van der Waals surface area (Å²) in [5.74, 6) is 0.822. The van der Waals surface area contributed by atoms with Crippen molar-refractivity contribution in [2.45, 2.75) is 20.4 Å². The molecule has 3 rings (SSSR count). The molecule has 3 aromatic heterocycles. The number of aryl methyl sites for hydroxylation is 1. The van der Waals surface area contributed by atoms with E-state index in [-0.39, 0.29) is 16.8 Å². The molecule has 3 heterocycles. The average Bonchev–Trinajstić information content (AvgIpc) is 3.00. The predicted octanol–water partition coefficient (Wildman–Crippen LogP) is 2.06. The topological polar surface area (TPSA) is 136 Å². The summed E-state index contributed by atoms with van der Waals surface area (Å²) in [4.78, 5) is 12.8. The van der Waals surface area contributed by atoms with Gasteiger partial charge in [0.05, 0.1) is 13.2 Å². The molecular weight excluding hydrogens is 372 g/mol. The minimum atomic E-state index is -0.176. The van der Waals surface area contributed by atoms with Crippen LogP contribution in [-0.2, 0) is 11.3 Å². The maximum absolute atomic E-state index is 9.06. The van der Waals surface area contributed by atoms with Gasteiger partial charge in [-0.25, -0.2) is 9.97 Å². The van der Waals surface area contributed by atoms with Crippen LogP contribution < -0.4 is 11.1 Å². The number of anilines is 2. The van der Waals surface area contributed by atoms with Crippen molar-refractivity contribution in [2.75, 3.05) is 18.5 Å². The molecule has 0 radical (unpaired) electrons. The molecule has 0 saturated heterocycles. The molecule has 0 aliphatic carbocycles. The molecule has 3 aromatic rings. The lowest BCUT2D eigenvalue weighted by Crippen LogP contribution is -2.15. The number of aromatic nitrogens is 5. The van der Waals surface area contributed by atoms with Crippen molar-refractivity contribution in [2.24, 2.45) is 10.9 Å². The third-order valence-corrected chi connectivity index (χ3v) is 3.89. The molecule has 10 nitrogen and oxygen atoms in total. The highest BCUT2D eigenvalue weighted by atomic mass is 35.5. The highest BCUT2D eigenvalue weighted by Crippen LogP contribution is 2.27. The fraction of sp³-hybridized carbons (Fsp3) is 0.312. The lowest BCUT2D eigenvalue weighted by atomic mass is 10.3. The van der Waals surface area contributed by atoms with Crippen LogP contribution in [0, 0.1) is 6.92 Å². The summed E-state index contributed by atoms with van der Waals surface area (Å²) in [7, 11) is 0. The third kappa shape index (κ3) is 4.07. The first-order valence-electron chi connectivity index (χ1n) is 8.22. The average molecular weight is 391 g/mol. The van der Waals surface area contributed by atoms with Crippen LogP contribution >= 0.6 is 11.6 Å². The van der Waals surface area contributed by atoms with Crippen molar-refractivity contribution < 1.29 is 9.94 Å². The van der Waals surface area contributed by atoms with Gasteiger partial charge in [-0.2, -0.15) is 10.1 Å². The zero-order chi connectivity index (χ0) is 19.4. The summed E-state index contributed by atoms with van der Waals surface area (Å²) in [5.41, 5.74) is 7.90. The van der Waals surface area contributed by atoms with Crippen LogP contribution in [-0.4, -0.2) is 49.0 Å². The van der Waals surface area contributed by atoms with Gasteiger partial charge in [-0.05, 0) is 43.1 Å². The van der Waals surface area contributed by atoms with Gasteiger partial charge < -0.3 is 21.0 Å². The van der Waals surface area contributed by atoms with Crippen molar-refractivity contribution in [1.29, 1.82) is 0 Å². The maximum Gasteiger partial charge on any atom is 0.225 e. The van der Waals surface area contributed by atoms with Gasteiger partial charge in [0.1, 0.15) is 16.9 Å². The van der Waals surface area contributed by atoms with E-state index in [2.05, 4.69) is 30.5 Å². The fourth-order valence-electron chi connectivity index (χ4n) is 2.55. The van der Waals surface area contributed by atoms with Crippen molar-refractivity contribution >= 4 is 40.1 Å². The van der Waals surface area contributed by atoms with E-state index in [1.807, 2.05) is 26.0 Å². The summed E-state index contributed by atoms with van der Waals surface area (Å²) < 4.78 is 7.04. The highest BCUT2D eigenvalue weighted by Gasteiger charge is 2.21. The van der Waals surface area contributed by atoms with Crippen LogP contribution in [0.2, 0.25) is 5.28 Å². The second kappa shape index (κ2) is 8.14. The van der Waals surface area contributed by atoms with Crippen LogP contribution in [0.5, 0.6) is 0 Å². The summed E-state index contributed by atoms with van der Waals surface area (Å²) in [6.45, 7) is 5.28. The molecule has 0 aliphatic rings. The first kappa shape index (κ1) is 18.8. The minimum Gasteiger partial charge on any atom is -0.409 e. The maximum atomic E-state index is 9.06. The van der Waals surface area contributed by atoms with Gasteiger partial charge in [-0.1, -0.05) is 5.16 Å². The van der Waals surface area contributed by atoms with E-state index in [1.54, 1.807) is 10.9 Å². The minimum absolute atomic E-state index is 0.00555. The van der Waals surface area contributed by atoms with E-state index in [0.29, 0.717) is 42.4 Å². The Morgan fingerprint density at radius 2 is 2.26 bits per heavy atom. The molecule has 142 valence electrons. The molecule has 0 spiro atoms. The Kier molecular flexibility index (Phi) is 5.67. The number of halogens is 1. The fourth-order valence-corrected chi connectivity index (χ4v) is 2.71. The summed E-state index contributed by atoms with van der Waals surface area (Å²) in [6, 6.07) is 3.75. The number of oxime groups is 1. The summed E-state index contributed by atoms with van der Waals surface area (Å²) >= 11 is 6.09. The van der Waals surface area contributed by atoms with Gasteiger partial charge in [0.2, 0.25) is 5.28 Å². The molecule has 27 heavy (non-hydrogen) atoms. The van der Waals surface area contributed by atoms with E-state index in [0.717, 1.165) is 5.56 Å². The molecule has 0 fully saturated rings. The number of amidine groups is 1. The molecular formula is C16H19ClN8O2. The standard InChI is InChI=1S/C16H19ClN8O2/c1-3-27-7-6-25-13-11(12(23-25)14(18)24-26)21-16(17)22-15(13)20-10-8-9(2)4-5-19-10/h4-5,8,26H,3,6-7H2,1-2H3,(H2,18,24)(H,19,20,21,22). The van der Waals surface area contributed by atoms with Crippen LogP contribution in [0.15, 0.2) is 23.5 Å². The first-order chi connectivity index (χ1) is 13.0. The van der Waals surface area contributed by atoms with Crippen LogP contribution in [0.1, 0.15) is 18.2 Å². The van der Waals surface area contributed by atoms with E-state index in [9.17, 15) is 0 Å². The van der Waals surface area contributed by atoms with Gasteiger partial charge in [-0.15, -0.1) is 0 Å². The Morgan fingerprint density at radius 3 is 2.96 bits per heavy atom. The van der Waals surface area contributed by atoms with Gasteiger partial charge in [0, 0.05) is 12.8 Å². The van der Waals surface area contributed by atoms with E-state index in [4.69, 9.17) is 27.3 Å². The van der Waals surface area contributed by atoms with Gasteiger partial charge in [0.15, 0.2) is 17.3 Å². The van der Waals surface area contributed by atoms with Gasteiger partial charge in [0.25, 0.3) is 0 Å². The number of nitrogens with two attached hydrogens (primary N) is 1. The van der Waals surface area contributed by atoms with Crippen molar-refractivity contribution in [3.63, 3.8) is 0 Å². The molecule has 0 atom stereocenters. The predicted molar refractivity (Wildman–Crippen MR) is 102 cm³/mol. The second-order valence-corrected chi connectivity index (χ2v) is 5.97. The normalized spacial score (nSPS) is 11.9. The Balaban J connectivity index is 2.15. The van der Waals surface area contributed by atoms with E-state index in [1.165, 1.54) is 0 Å². The largest absolute Gasteiger partial charge is 0.409 e. The van der Waals surface area contributed by atoms with Gasteiger partial charge >= 0.3 is 0 Å². The van der Waals surface area contributed by atoms with Crippen LogP contribution in [0.4, 0.5) is 11.6 Å². The number of pyridine rings is 1. The number of ether oxygens (including phenoxy) is 1. The lowest BCUT2D eigenvalue weighted by Gasteiger charge is -2.09. The summed E-state index contributed by atoms with van der Waals surface area (Å²) in [5, 5.41) is 19.6. The Hall–Kier alpha value is -2.98. The second-order valence-electron chi connectivity index (χ2n) is 5.64. The summed E-state index contributed by atoms with van der Waals surface area (Å²) in [6.07, 6.45) is 1.69. The molecule has 0 aliphatic heterocycles. The number of fused-ring (bicyclic) bond motifs is 1. The SMILES string of the molecule is CCOCCn1nc(/C(N)=N/O)c2nc(Cl)nc(Nc3cc(C)ccn3)c21. The quantitative estimate of drug-likeness (QED) is 0.139. The van der Waals surface area contributed by atoms with Crippen LogP contribution in [0.3, 0.4) is 0 Å². The van der Waals surface area contributed by atoms with Crippen molar-refractivity contribution in [3.05, 3.63) is 34.9 Å². The Morgan fingerprint density at radius 1 is 1.44 bits per heavy atom. The van der Waals surface area contributed by atoms with Crippen LogP contribution in [0.25, 0.3) is 11.0 Å². The van der Waals surface area contributed by atoms with E-state index >= 15 is 0 Å². The third-order valence-electron chi connectivity index (χ3n) is 3.72. The zero-order valence-corrected chi connectivity index (χ0v) is 15.6. The van der Waals surface area contributed by atoms with Crippen molar-refractivity contribution in [1.82, 2.24) is 24.7 Å². The number of nitrogens with one attached hydrogen (secondary N) is 1. The monoisotopic (exact) mass is 390 g/mol. The molecule has 0 amide bonds. The highest BCUT2D eigenvalue weighted by molar-refractivity contribution is 6.29. The molecule has 0 bridgehead atoms. The molecule has 0 saturated carbocycles. The van der Waals surface area contributed by atoms with Gasteiger partial charge in [-0.3, -0.25) is 4.68 Å². The van der Waals surface area contributed by atoms with E-state index < -0.39 is 0 Å². The number of rotatable bonds is 7. The number of hydrogen-bond donors (Lipinski definition) is 3. The van der Waals surface area contributed by atoms with Crippen molar-refractivity contribution in [3.8, 4) is 0 Å². The molecule has 11 heteroatoms. The first-order valence-corrected chi connectivity index (χ1v) is 8.60. The Labute approximate surface area is 160 Å². The number of nitrogens with zero attached hydrogens (tertiary/aromatic N) is 6. The molecule has 4 N–H and O–H groups in total. The molecule has 0 unspecified atom stereocenters. The lowest BCUT2D eigenvalue weighted by molar-refractivity contribution is 0.137. The molecule has 0 aromatic carbocycles. The smallest absolute Gasteiger partial charge is 0.225 e. The Bertz CT molecular complexity index is 988.